The van der Waals surface area contributed by atoms with Crippen molar-refractivity contribution in [1.82, 2.24) is 19.9 Å². The maximum Gasteiger partial charge on any atom is 0.439 e. The molecule has 0 spiro atoms. The average Bonchev–Trinajstić information content (AvgIpc) is 3.36. The fourth-order valence-electron chi connectivity index (χ4n) is 3.40. The Morgan fingerprint density at radius 1 is 1.13 bits per heavy atom. The zero-order valence-corrected chi connectivity index (χ0v) is 16.3. The first-order chi connectivity index (χ1) is 14.5. The number of carboxylic acid groups (broad SMARTS) is 1. The molecule has 0 amide bonds. The molecule has 0 unspecified atom stereocenters. The van der Waals surface area contributed by atoms with Gasteiger partial charge in [0.05, 0.1) is 6.54 Å². The minimum absolute atomic E-state index is 0.0607. The van der Waals surface area contributed by atoms with Crippen molar-refractivity contribution in [2.24, 2.45) is 0 Å². The summed E-state index contributed by atoms with van der Waals surface area (Å²) in [6.45, 7) is 2.53. The van der Waals surface area contributed by atoms with E-state index in [1.54, 1.807) is 10.7 Å². The van der Waals surface area contributed by atoms with E-state index in [4.69, 9.17) is 0 Å². The number of aromatic nitrogens is 4. The van der Waals surface area contributed by atoms with Crippen LogP contribution in [0.4, 0.5) is 0 Å². The van der Waals surface area contributed by atoms with E-state index in [1.165, 1.54) is 0 Å². The van der Waals surface area contributed by atoms with Gasteiger partial charge < -0.3 is 5.11 Å². The van der Waals surface area contributed by atoms with Crippen LogP contribution in [-0.2, 0) is 13.0 Å². The SMILES string of the molecule is CCCc1cc(C(=O)O)nn1Cc1ccc(-c2ccccc2-c2noc(=O)[nH]2)cc1. The lowest BCUT2D eigenvalue weighted by Gasteiger charge is -2.10. The minimum atomic E-state index is -1.02. The molecule has 0 aliphatic rings. The molecular weight excluding hydrogens is 384 g/mol. The van der Waals surface area contributed by atoms with E-state index in [2.05, 4.69) is 19.8 Å². The van der Waals surface area contributed by atoms with Gasteiger partial charge in [-0.25, -0.2) is 9.59 Å². The summed E-state index contributed by atoms with van der Waals surface area (Å²) in [6, 6.07) is 17.2. The van der Waals surface area contributed by atoms with E-state index >= 15 is 0 Å². The van der Waals surface area contributed by atoms with Crippen molar-refractivity contribution in [2.45, 2.75) is 26.3 Å². The first-order valence-electron chi connectivity index (χ1n) is 9.60. The Morgan fingerprint density at radius 3 is 2.50 bits per heavy atom. The first kappa shape index (κ1) is 19.4. The Balaban J connectivity index is 1.62. The molecule has 0 saturated carbocycles. The van der Waals surface area contributed by atoms with E-state index < -0.39 is 11.7 Å². The predicted octanol–water partition coefficient (Wildman–Crippen LogP) is 3.59. The lowest BCUT2D eigenvalue weighted by molar-refractivity contribution is 0.0689. The number of aromatic amines is 1. The van der Waals surface area contributed by atoms with Gasteiger partial charge in [-0.15, -0.1) is 0 Å². The summed E-state index contributed by atoms with van der Waals surface area (Å²) in [5.74, 6) is -1.25. The number of aryl methyl sites for hydroxylation is 1. The van der Waals surface area contributed by atoms with Crippen LogP contribution in [-0.4, -0.2) is 31.0 Å². The van der Waals surface area contributed by atoms with Crippen molar-refractivity contribution < 1.29 is 14.4 Å². The molecule has 2 N–H and O–H groups in total. The quantitative estimate of drug-likeness (QED) is 0.486. The van der Waals surface area contributed by atoms with E-state index in [0.717, 1.165) is 40.8 Å². The number of benzene rings is 2. The molecule has 2 heterocycles. The normalized spacial score (nSPS) is 11.0. The van der Waals surface area contributed by atoms with Gasteiger partial charge in [0, 0.05) is 11.3 Å². The molecule has 0 aliphatic heterocycles. The van der Waals surface area contributed by atoms with Crippen molar-refractivity contribution in [2.75, 3.05) is 0 Å². The predicted molar refractivity (Wildman–Crippen MR) is 110 cm³/mol. The number of carbonyl (C=O) groups is 1. The number of hydrogen-bond donors (Lipinski definition) is 2. The second-order valence-corrected chi connectivity index (χ2v) is 6.92. The standard InChI is InChI=1S/C22H20N4O4/c1-2-5-16-12-19(21(27)28)24-26(16)13-14-8-10-15(11-9-14)17-6-3-4-7-18(17)20-23-22(29)30-25-20/h3-4,6-12H,2,5,13H2,1H3,(H,27,28)(H,23,25,29). The third-order valence-electron chi connectivity index (χ3n) is 4.81. The molecule has 0 fully saturated rings. The number of nitrogens with one attached hydrogen (secondary N) is 1. The van der Waals surface area contributed by atoms with Crippen LogP contribution in [0.5, 0.6) is 0 Å². The maximum atomic E-state index is 11.3. The molecule has 152 valence electrons. The highest BCUT2D eigenvalue weighted by atomic mass is 16.5. The Labute approximate surface area is 171 Å². The highest BCUT2D eigenvalue weighted by Crippen LogP contribution is 2.30. The molecule has 2 aromatic heterocycles. The zero-order chi connectivity index (χ0) is 21.1. The third kappa shape index (κ3) is 3.93. The smallest absolute Gasteiger partial charge is 0.439 e. The van der Waals surface area contributed by atoms with E-state index in [-0.39, 0.29) is 5.69 Å². The number of nitrogens with zero attached hydrogens (tertiary/aromatic N) is 3. The van der Waals surface area contributed by atoms with Crippen LogP contribution in [0.25, 0.3) is 22.5 Å². The molecule has 8 heteroatoms. The Hall–Kier alpha value is -3.94. The number of carboxylic acids is 1. The highest BCUT2D eigenvalue weighted by molar-refractivity contribution is 5.85. The van der Waals surface area contributed by atoms with Crippen molar-refractivity contribution in [3.63, 3.8) is 0 Å². The topological polar surface area (TPSA) is 114 Å². The van der Waals surface area contributed by atoms with Crippen LogP contribution in [0.1, 0.15) is 35.1 Å². The van der Waals surface area contributed by atoms with Gasteiger partial charge in [-0.05, 0) is 29.2 Å². The van der Waals surface area contributed by atoms with Gasteiger partial charge in [0.15, 0.2) is 11.5 Å². The van der Waals surface area contributed by atoms with Crippen molar-refractivity contribution in [3.8, 4) is 22.5 Å². The molecule has 8 nitrogen and oxygen atoms in total. The lowest BCUT2D eigenvalue weighted by atomic mass is 9.98. The lowest BCUT2D eigenvalue weighted by Crippen LogP contribution is -2.07. The second kappa shape index (κ2) is 8.20. The van der Waals surface area contributed by atoms with Gasteiger partial charge in [-0.1, -0.05) is 67.0 Å². The zero-order valence-electron chi connectivity index (χ0n) is 16.3. The van der Waals surface area contributed by atoms with Crippen LogP contribution in [0, 0.1) is 0 Å². The van der Waals surface area contributed by atoms with Gasteiger partial charge >= 0.3 is 11.7 Å². The van der Waals surface area contributed by atoms with E-state index in [0.29, 0.717) is 12.4 Å². The summed E-state index contributed by atoms with van der Waals surface area (Å²) >= 11 is 0. The number of hydrogen-bond acceptors (Lipinski definition) is 5. The van der Waals surface area contributed by atoms with Crippen LogP contribution in [0.15, 0.2) is 63.9 Å². The van der Waals surface area contributed by atoms with Gasteiger partial charge in [0.25, 0.3) is 0 Å². The molecule has 0 atom stereocenters. The largest absolute Gasteiger partial charge is 0.476 e. The summed E-state index contributed by atoms with van der Waals surface area (Å²) in [6.07, 6.45) is 1.67. The van der Waals surface area contributed by atoms with Crippen LogP contribution in [0.2, 0.25) is 0 Å². The van der Waals surface area contributed by atoms with Gasteiger partial charge in [-0.3, -0.25) is 14.2 Å². The monoisotopic (exact) mass is 404 g/mol. The summed E-state index contributed by atoms with van der Waals surface area (Å²) in [5, 5.41) is 17.2. The van der Waals surface area contributed by atoms with Crippen molar-refractivity contribution >= 4 is 5.97 Å². The summed E-state index contributed by atoms with van der Waals surface area (Å²) in [4.78, 5) is 25.2. The molecular formula is C22H20N4O4. The summed E-state index contributed by atoms with van der Waals surface area (Å²) in [5.41, 5.74) is 4.60. The fraction of sp³-hybridized carbons (Fsp3) is 0.182. The van der Waals surface area contributed by atoms with Gasteiger partial charge in [0.1, 0.15) is 0 Å². The van der Waals surface area contributed by atoms with Crippen LogP contribution < -0.4 is 5.76 Å². The van der Waals surface area contributed by atoms with Gasteiger partial charge in [-0.2, -0.15) is 5.10 Å². The van der Waals surface area contributed by atoms with E-state index in [9.17, 15) is 14.7 Å². The summed E-state index contributed by atoms with van der Waals surface area (Å²) < 4.78 is 6.38. The van der Waals surface area contributed by atoms with Gasteiger partial charge in [0.2, 0.25) is 0 Å². The molecule has 0 aliphatic carbocycles. The molecule has 0 saturated heterocycles. The second-order valence-electron chi connectivity index (χ2n) is 6.92. The van der Waals surface area contributed by atoms with Crippen molar-refractivity contribution in [1.29, 1.82) is 0 Å². The van der Waals surface area contributed by atoms with Crippen molar-refractivity contribution in [3.05, 3.63) is 82.1 Å². The highest BCUT2D eigenvalue weighted by Gasteiger charge is 2.14. The maximum absolute atomic E-state index is 11.3. The number of rotatable bonds is 7. The minimum Gasteiger partial charge on any atom is -0.476 e. The first-order valence-corrected chi connectivity index (χ1v) is 9.60. The fourth-order valence-corrected chi connectivity index (χ4v) is 3.40. The molecule has 4 rings (SSSR count). The average molecular weight is 404 g/mol. The molecule has 0 bridgehead atoms. The number of H-pyrrole nitrogens is 1. The Bertz CT molecular complexity index is 1230. The molecule has 2 aromatic carbocycles. The van der Waals surface area contributed by atoms with Crippen LogP contribution >= 0.6 is 0 Å². The number of aromatic carboxylic acids is 1. The van der Waals surface area contributed by atoms with E-state index in [1.807, 2.05) is 55.5 Å². The Morgan fingerprint density at radius 2 is 1.87 bits per heavy atom. The molecule has 0 radical (unpaired) electrons. The van der Waals surface area contributed by atoms with Crippen LogP contribution in [0.3, 0.4) is 0 Å². The third-order valence-corrected chi connectivity index (χ3v) is 4.81. The Kier molecular flexibility index (Phi) is 5.30. The summed E-state index contributed by atoms with van der Waals surface area (Å²) in [7, 11) is 0. The molecule has 4 aromatic rings. The molecule has 30 heavy (non-hydrogen) atoms.